The van der Waals surface area contributed by atoms with E-state index in [0.29, 0.717) is 11.4 Å². The van der Waals surface area contributed by atoms with Crippen molar-refractivity contribution in [1.29, 1.82) is 0 Å². The molecule has 0 aliphatic carbocycles. The summed E-state index contributed by atoms with van der Waals surface area (Å²) in [6, 6.07) is 4.78. The number of carboxylic acid groups (broad SMARTS) is 1. The first-order valence-corrected chi connectivity index (χ1v) is 6.47. The van der Waals surface area contributed by atoms with Crippen molar-refractivity contribution in [2.24, 2.45) is 5.41 Å². The third-order valence-corrected chi connectivity index (χ3v) is 3.63. The second-order valence-corrected chi connectivity index (χ2v) is 5.58. The van der Waals surface area contributed by atoms with Crippen molar-refractivity contribution in [2.75, 3.05) is 6.54 Å². The van der Waals surface area contributed by atoms with Gasteiger partial charge in [-0.1, -0.05) is 29.3 Å². The molecule has 0 saturated heterocycles. The molecule has 1 rings (SSSR count). The summed E-state index contributed by atoms with van der Waals surface area (Å²) in [5, 5.41) is 12.1. The minimum atomic E-state index is -0.900. The number of nitrogens with one attached hydrogen (secondary N) is 1. The number of amides is 1. The molecular formula is C13H15Cl2NO3. The SMILES string of the molecule is CC(C)(CCNC(=O)c1cccc(Cl)c1Cl)C(=O)O. The van der Waals surface area contributed by atoms with Crippen molar-refractivity contribution >= 4 is 35.1 Å². The van der Waals surface area contributed by atoms with Gasteiger partial charge in [0.25, 0.3) is 5.91 Å². The van der Waals surface area contributed by atoms with Crippen LogP contribution in [0.2, 0.25) is 10.0 Å². The molecule has 0 aliphatic rings. The predicted molar refractivity (Wildman–Crippen MR) is 74.8 cm³/mol. The van der Waals surface area contributed by atoms with Gasteiger partial charge in [-0.05, 0) is 32.4 Å². The lowest BCUT2D eigenvalue weighted by Gasteiger charge is -2.19. The van der Waals surface area contributed by atoms with Crippen LogP contribution in [0.5, 0.6) is 0 Å². The number of hydrogen-bond acceptors (Lipinski definition) is 2. The number of carboxylic acids is 1. The zero-order valence-electron chi connectivity index (χ0n) is 10.7. The smallest absolute Gasteiger partial charge is 0.309 e. The lowest BCUT2D eigenvalue weighted by Crippen LogP contribution is -2.32. The van der Waals surface area contributed by atoms with E-state index < -0.39 is 11.4 Å². The van der Waals surface area contributed by atoms with Gasteiger partial charge in [0.2, 0.25) is 0 Å². The van der Waals surface area contributed by atoms with Crippen LogP contribution >= 0.6 is 23.2 Å². The van der Waals surface area contributed by atoms with E-state index in [1.165, 1.54) is 0 Å². The highest BCUT2D eigenvalue weighted by Gasteiger charge is 2.26. The van der Waals surface area contributed by atoms with E-state index in [1.807, 2.05) is 0 Å². The van der Waals surface area contributed by atoms with Gasteiger partial charge in [-0.2, -0.15) is 0 Å². The maximum Gasteiger partial charge on any atom is 0.309 e. The summed E-state index contributed by atoms with van der Waals surface area (Å²) < 4.78 is 0. The molecule has 0 aliphatic heterocycles. The number of carbonyl (C=O) groups excluding carboxylic acids is 1. The lowest BCUT2D eigenvalue weighted by atomic mass is 9.90. The number of rotatable bonds is 5. The molecule has 1 aromatic carbocycles. The maximum absolute atomic E-state index is 11.9. The molecule has 0 heterocycles. The molecule has 2 N–H and O–H groups in total. The van der Waals surface area contributed by atoms with Crippen molar-refractivity contribution in [3.63, 3.8) is 0 Å². The minimum Gasteiger partial charge on any atom is -0.481 e. The first kappa shape index (κ1) is 15.8. The second-order valence-electron chi connectivity index (χ2n) is 4.80. The van der Waals surface area contributed by atoms with Crippen molar-refractivity contribution in [1.82, 2.24) is 5.32 Å². The molecule has 1 aromatic rings. The van der Waals surface area contributed by atoms with E-state index in [1.54, 1.807) is 32.0 Å². The molecule has 104 valence electrons. The van der Waals surface area contributed by atoms with Crippen LogP contribution in [0.4, 0.5) is 0 Å². The number of hydrogen-bond donors (Lipinski definition) is 2. The van der Waals surface area contributed by atoms with Gasteiger partial charge in [0.05, 0.1) is 21.0 Å². The van der Waals surface area contributed by atoms with Crippen LogP contribution in [0, 0.1) is 5.41 Å². The number of halogens is 2. The van der Waals surface area contributed by atoms with Crippen LogP contribution < -0.4 is 5.32 Å². The van der Waals surface area contributed by atoms with Crippen molar-refractivity contribution in [2.45, 2.75) is 20.3 Å². The third-order valence-electron chi connectivity index (χ3n) is 2.81. The van der Waals surface area contributed by atoms with E-state index in [4.69, 9.17) is 28.3 Å². The fourth-order valence-corrected chi connectivity index (χ4v) is 1.76. The van der Waals surface area contributed by atoms with Crippen molar-refractivity contribution < 1.29 is 14.7 Å². The highest BCUT2D eigenvalue weighted by molar-refractivity contribution is 6.43. The number of aliphatic carboxylic acids is 1. The Labute approximate surface area is 121 Å². The minimum absolute atomic E-state index is 0.194. The van der Waals surface area contributed by atoms with Gasteiger partial charge in [0, 0.05) is 6.54 Å². The summed E-state index contributed by atoms with van der Waals surface area (Å²) in [4.78, 5) is 22.8. The van der Waals surface area contributed by atoms with Crippen molar-refractivity contribution in [3.05, 3.63) is 33.8 Å². The molecule has 0 fully saturated rings. The standard InChI is InChI=1S/C13H15Cl2NO3/c1-13(2,12(18)19)6-7-16-11(17)8-4-3-5-9(14)10(8)15/h3-5H,6-7H2,1-2H3,(H,16,17)(H,18,19). The van der Waals surface area contributed by atoms with Gasteiger partial charge < -0.3 is 10.4 Å². The molecule has 0 spiro atoms. The van der Waals surface area contributed by atoms with Crippen LogP contribution in [-0.4, -0.2) is 23.5 Å². The molecule has 0 radical (unpaired) electrons. The first-order valence-electron chi connectivity index (χ1n) is 5.71. The zero-order chi connectivity index (χ0) is 14.6. The van der Waals surface area contributed by atoms with Crippen LogP contribution in [-0.2, 0) is 4.79 Å². The maximum atomic E-state index is 11.9. The van der Waals surface area contributed by atoms with E-state index >= 15 is 0 Å². The van der Waals surface area contributed by atoms with Gasteiger partial charge in [-0.25, -0.2) is 0 Å². The summed E-state index contributed by atoms with van der Waals surface area (Å²) in [6.45, 7) is 3.46. The molecule has 1 amide bonds. The predicted octanol–water partition coefficient (Wildman–Crippen LogP) is 3.22. The fraction of sp³-hybridized carbons (Fsp3) is 0.385. The Balaban J connectivity index is 2.62. The van der Waals surface area contributed by atoms with E-state index in [0.717, 1.165) is 0 Å². The van der Waals surface area contributed by atoms with Crippen LogP contribution in [0.3, 0.4) is 0 Å². The van der Waals surface area contributed by atoms with Crippen LogP contribution in [0.15, 0.2) is 18.2 Å². The normalized spacial score (nSPS) is 11.2. The topological polar surface area (TPSA) is 66.4 Å². The average Bonchev–Trinajstić information content (AvgIpc) is 2.32. The molecule has 0 unspecified atom stereocenters. The summed E-state index contributed by atoms with van der Waals surface area (Å²) in [7, 11) is 0. The summed E-state index contributed by atoms with van der Waals surface area (Å²) >= 11 is 11.7. The first-order chi connectivity index (χ1) is 8.75. The number of benzene rings is 1. The molecule has 19 heavy (non-hydrogen) atoms. The van der Waals surface area contributed by atoms with Gasteiger partial charge in [-0.3, -0.25) is 9.59 Å². The Bertz CT molecular complexity index is 501. The van der Waals surface area contributed by atoms with Gasteiger partial charge in [0.1, 0.15) is 0 Å². The van der Waals surface area contributed by atoms with E-state index in [-0.39, 0.29) is 23.0 Å². The molecule has 0 aromatic heterocycles. The Morgan fingerprint density at radius 2 is 1.95 bits per heavy atom. The molecule has 0 saturated carbocycles. The van der Waals surface area contributed by atoms with Crippen LogP contribution in [0.25, 0.3) is 0 Å². The molecular weight excluding hydrogens is 289 g/mol. The fourth-order valence-electron chi connectivity index (χ4n) is 1.37. The summed E-state index contributed by atoms with van der Waals surface area (Å²) in [6.07, 6.45) is 0.326. The number of carbonyl (C=O) groups is 2. The van der Waals surface area contributed by atoms with Gasteiger partial charge >= 0.3 is 5.97 Å². The molecule has 0 bridgehead atoms. The molecule has 0 atom stereocenters. The highest BCUT2D eigenvalue weighted by atomic mass is 35.5. The zero-order valence-corrected chi connectivity index (χ0v) is 12.2. The highest BCUT2D eigenvalue weighted by Crippen LogP contribution is 2.25. The Morgan fingerprint density at radius 1 is 1.32 bits per heavy atom. The lowest BCUT2D eigenvalue weighted by molar-refractivity contribution is -0.147. The molecule has 6 heteroatoms. The van der Waals surface area contributed by atoms with Gasteiger partial charge in [0.15, 0.2) is 0 Å². The summed E-state index contributed by atoms with van der Waals surface area (Å²) in [5.41, 5.74) is -0.604. The largest absolute Gasteiger partial charge is 0.481 e. The van der Waals surface area contributed by atoms with Crippen LogP contribution in [0.1, 0.15) is 30.6 Å². The van der Waals surface area contributed by atoms with Gasteiger partial charge in [-0.15, -0.1) is 0 Å². The van der Waals surface area contributed by atoms with E-state index in [2.05, 4.69) is 5.32 Å². The molecule has 4 nitrogen and oxygen atoms in total. The third kappa shape index (κ3) is 4.11. The summed E-state index contributed by atoms with van der Waals surface area (Å²) in [5.74, 6) is -1.27. The monoisotopic (exact) mass is 303 g/mol. The average molecular weight is 304 g/mol. The van der Waals surface area contributed by atoms with E-state index in [9.17, 15) is 9.59 Å². The quantitative estimate of drug-likeness (QED) is 0.877. The Morgan fingerprint density at radius 3 is 2.53 bits per heavy atom. The Kier molecular flexibility index (Phi) is 5.20. The van der Waals surface area contributed by atoms with Crippen molar-refractivity contribution in [3.8, 4) is 0 Å². The second kappa shape index (κ2) is 6.26. The Hall–Kier alpha value is -1.26.